The van der Waals surface area contributed by atoms with E-state index in [1.165, 1.54) is 7.11 Å². The number of para-hydroxylation sites is 1. The third kappa shape index (κ3) is 7.07. The lowest BCUT2D eigenvalue weighted by atomic mass is 9.91. The Morgan fingerprint density at radius 2 is 1.27 bits per heavy atom. The Morgan fingerprint density at radius 1 is 0.714 bits per heavy atom. The highest BCUT2D eigenvalue weighted by Gasteiger charge is 2.38. The average molecular weight is 757 g/mol. The van der Waals surface area contributed by atoms with E-state index in [-0.39, 0.29) is 41.9 Å². The molecule has 4 aliphatic rings. The van der Waals surface area contributed by atoms with Crippen molar-refractivity contribution in [3.63, 3.8) is 0 Å². The van der Waals surface area contributed by atoms with Crippen molar-refractivity contribution < 1.29 is 38.1 Å². The molecule has 56 heavy (non-hydrogen) atoms. The summed E-state index contributed by atoms with van der Waals surface area (Å²) < 4.78 is 29.2. The van der Waals surface area contributed by atoms with Crippen molar-refractivity contribution in [3.8, 4) is 28.7 Å². The minimum Gasteiger partial charge on any atom is -0.493 e. The van der Waals surface area contributed by atoms with E-state index in [9.17, 15) is 14.4 Å². The number of aliphatic imine (C=N–C) groups is 2. The fourth-order valence-corrected chi connectivity index (χ4v) is 7.57. The van der Waals surface area contributed by atoms with Crippen molar-refractivity contribution in [3.05, 3.63) is 89.0 Å². The van der Waals surface area contributed by atoms with Crippen LogP contribution in [0, 0.1) is 5.41 Å². The number of hydrogen-bond acceptors (Lipinski definition) is 10. The van der Waals surface area contributed by atoms with E-state index < -0.39 is 0 Å². The number of nitrogens with zero attached hydrogens (tertiary/aromatic N) is 4. The summed E-state index contributed by atoms with van der Waals surface area (Å²) in [6.07, 6.45) is 6.43. The molecule has 0 fully saturated rings. The summed E-state index contributed by atoms with van der Waals surface area (Å²) in [6.45, 7) is 6.86. The number of carbonyl (C=O) groups is 3. The highest BCUT2D eigenvalue weighted by molar-refractivity contribution is 6.16. The van der Waals surface area contributed by atoms with E-state index in [0.717, 1.165) is 28.9 Å². The van der Waals surface area contributed by atoms with Gasteiger partial charge in [-0.2, -0.15) is 0 Å². The lowest BCUT2D eigenvalue weighted by Gasteiger charge is -2.22. The molecular formula is C44H44N4O8. The van der Waals surface area contributed by atoms with Crippen molar-refractivity contribution in [1.29, 1.82) is 0 Å². The van der Waals surface area contributed by atoms with Crippen LogP contribution in [0.1, 0.15) is 71.9 Å². The molecule has 2 amide bonds. The molecule has 288 valence electrons. The first-order valence-corrected chi connectivity index (χ1v) is 18.9. The topological polar surface area (TPSA) is 129 Å². The number of methoxy groups -OCH3 is 2. The number of rotatable bonds is 11. The molecular weight excluding hydrogens is 713 g/mol. The Bertz CT molecular complexity index is 2290. The zero-order valence-electron chi connectivity index (χ0n) is 32.2. The van der Waals surface area contributed by atoms with Gasteiger partial charge < -0.3 is 23.7 Å². The van der Waals surface area contributed by atoms with E-state index in [1.807, 2.05) is 42.6 Å². The van der Waals surface area contributed by atoms with Crippen LogP contribution in [-0.2, 0) is 17.6 Å². The number of fused-ring (bicyclic) bond motifs is 8. The smallest absolute Gasteiger partial charge is 0.311 e. The van der Waals surface area contributed by atoms with Crippen LogP contribution in [0.4, 0.5) is 22.7 Å². The first-order chi connectivity index (χ1) is 27.0. The van der Waals surface area contributed by atoms with Crippen LogP contribution in [-0.4, -0.2) is 69.7 Å². The van der Waals surface area contributed by atoms with E-state index in [2.05, 4.69) is 25.8 Å². The van der Waals surface area contributed by atoms with Gasteiger partial charge in [-0.15, -0.1) is 0 Å². The number of anilines is 2. The van der Waals surface area contributed by atoms with Crippen molar-refractivity contribution >= 4 is 53.0 Å². The Morgan fingerprint density at radius 3 is 1.84 bits per heavy atom. The first kappa shape index (κ1) is 36.8. The largest absolute Gasteiger partial charge is 0.493 e. The first-order valence-electron chi connectivity index (χ1n) is 18.9. The standard InChI is InChI=1S/C44H44N4O8/c1-44(2,3)14-13-41(49)56-30-11-12-36-27(19-30)18-29-25-46-34-23-40(38(53-5)21-32(34)43(51)48(29)36)55-16-8-15-54-39-22-33-31(20-37(39)52-4)42(50)47-28(24-45-33)17-26-9-6-7-10-35(26)47/h6-7,9-12,19-25,28-29H,8,13-18H2,1-5H3/t28-,29-/m0/s1. The van der Waals surface area contributed by atoms with E-state index >= 15 is 0 Å². The highest BCUT2D eigenvalue weighted by Crippen LogP contribution is 2.43. The fourth-order valence-electron chi connectivity index (χ4n) is 7.57. The molecule has 0 bridgehead atoms. The molecule has 2 atom stereocenters. The second-order valence-electron chi connectivity index (χ2n) is 15.5. The van der Waals surface area contributed by atoms with Gasteiger partial charge in [0, 0.05) is 61.6 Å². The van der Waals surface area contributed by atoms with Crippen molar-refractivity contribution in [2.45, 2.75) is 65.0 Å². The van der Waals surface area contributed by atoms with Crippen molar-refractivity contribution in [1.82, 2.24) is 0 Å². The molecule has 0 radical (unpaired) electrons. The van der Waals surface area contributed by atoms with Crippen LogP contribution in [0.15, 0.2) is 76.7 Å². The van der Waals surface area contributed by atoms with Gasteiger partial charge in [-0.25, -0.2) is 0 Å². The van der Waals surface area contributed by atoms with Gasteiger partial charge in [0.1, 0.15) is 5.75 Å². The average Bonchev–Trinajstić information content (AvgIpc) is 3.67. The minimum atomic E-state index is -0.299. The molecule has 0 aliphatic carbocycles. The lowest BCUT2D eigenvalue weighted by molar-refractivity contribution is -0.134. The predicted molar refractivity (Wildman–Crippen MR) is 214 cm³/mol. The van der Waals surface area contributed by atoms with Gasteiger partial charge in [0.2, 0.25) is 0 Å². The summed E-state index contributed by atoms with van der Waals surface area (Å²) in [5, 5.41) is 0. The van der Waals surface area contributed by atoms with E-state index in [4.69, 9.17) is 28.7 Å². The maximum absolute atomic E-state index is 14.0. The number of esters is 1. The fraction of sp³-hybridized carbons (Fsp3) is 0.341. The Kier molecular flexibility index (Phi) is 9.73. The molecule has 0 spiro atoms. The van der Waals surface area contributed by atoms with Gasteiger partial charge in [-0.1, -0.05) is 39.0 Å². The third-order valence-corrected chi connectivity index (χ3v) is 10.4. The summed E-state index contributed by atoms with van der Waals surface area (Å²) in [5.74, 6) is 1.63. The number of hydrogen-bond donors (Lipinski definition) is 0. The second-order valence-corrected chi connectivity index (χ2v) is 15.5. The van der Waals surface area contributed by atoms with Gasteiger partial charge in [-0.05, 0) is 59.4 Å². The zero-order valence-corrected chi connectivity index (χ0v) is 32.2. The Balaban J connectivity index is 0.907. The van der Waals surface area contributed by atoms with E-state index in [0.29, 0.717) is 83.5 Å². The molecule has 0 unspecified atom stereocenters. The Hall–Kier alpha value is -6.17. The molecule has 4 aromatic rings. The molecule has 4 heterocycles. The molecule has 0 saturated carbocycles. The predicted octanol–water partition coefficient (Wildman–Crippen LogP) is 7.86. The second kappa shape index (κ2) is 14.8. The van der Waals surface area contributed by atoms with Crippen LogP contribution in [0.2, 0.25) is 0 Å². The van der Waals surface area contributed by atoms with Gasteiger partial charge in [0.15, 0.2) is 23.0 Å². The number of carbonyl (C=O) groups excluding carboxylic acids is 3. The van der Waals surface area contributed by atoms with Crippen LogP contribution in [0.25, 0.3) is 0 Å². The van der Waals surface area contributed by atoms with Crippen molar-refractivity contribution in [2.75, 3.05) is 37.2 Å². The quantitative estimate of drug-likeness (QED) is 0.0860. The molecule has 0 aromatic heterocycles. The summed E-state index contributed by atoms with van der Waals surface area (Å²) >= 11 is 0. The lowest BCUT2D eigenvalue weighted by Crippen LogP contribution is -2.37. The third-order valence-electron chi connectivity index (χ3n) is 10.4. The van der Waals surface area contributed by atoms with Crippen molar-refractivity contribution in [2.24, 2.45) is 15.4 Å². The Labute approximate surface area is 325 Å². The van der Waals surface area contributed by atoms with Crippen LogP contribution < -0.4 is 33.5 Å². The molecule has 12 heteroatoms. The normalized spacial score (nSPS) is 17.5. The molecule has 4 aliphatic heterocycles. The summed E-state index contributed by atoms with van der Waals surface area (Å²) in [4.78, 5) is 53.2. The van der Waals surface area contributed by atoms with E-state index in [1.54, 1.807) is 53.5 Å². The number of ether oxygens (including phenoxy) is 5. The SMILES string of the molecule is COc1cc2c(cc1OCCCOc1cc3c(cc1OC)C(=O)N1c4ccc(OC(=O)CCC(C)(C)C)cc4C[C@H]1C=N3)N=C[C@@H]1Cc3ccccc3N1C2=O. The maximum Gasteiger partial charge on any atom is 0.311 e. The van der Waals surface area contributed by atoms with Gasteiger partial charge in [0.05, 0.1) is 62.0 Å². The van der Waals surface area contributed by atoms with Gasteiger partial charge in [-0.3, -0.25) is 34.2 Å². The minimum absolute atomic E-state index is 0.0337. The molecule has 0 N–H and O–H groups in total. The summed E-state index contributed by atoms with van der Waals surface area (Å²) in [6, 6.07) is 19.7. The summed E-state index contributed by atoms with van der Waals surface area (Å²) in [5.41, 5.74) is 5.57. The van der Waals surface area contributed by atoms with Crippen LogP contribution in [0.3, 0.4) is 0 Å². The summed E-state index contributed by atoms with van der Waals surface area (Å²) in [7, 11) is 3.07. The molecule has 0 saturated heterocycles. The monoisotopic (exact) mass is 756 g/mol. The zero-order chi connectivity index (χ0) is 39.1. The van der Waals surface area contributed by atoms with Gasteiger partial charge in [0.25, 0.3) is 11.8 Å². The van der Waals surface area contributed by atoms with Crippen LogP contribution in [0.5, 0.6) is 28.7 Å². The highest BCUT2D eigenvalue weighted by atomic mass is 16.5. The van der Waals surface area contributed by atoms with Gasteiger partial charge >= 0.3 is 5.97 Å². The molecule has 8 rings (SSSR count). The number of benzene rings is 4. The number of amides is 2. The molecule has 4 aromatic carbocycles. The van der Waals surface area contributed by atoms with Crippen LogP contribution >= 0.6 is 0 Å². The maximum atomic E-state index is 14.0. The molecule has 12 nitrogen and oxygen atoms in total.